The Balaban J connectivity index is 1.34. The number of nitrogens with zero attached hydrogens (tertiary/aromatic N) is 4. The van der Waals surface area contributed by atoms with E-state index in [1.54, 1.807) is 4.68 Å². The first-order valence-electron chi connectivity index (χ1n) is 9.60. The van der Waals surface area contributed by atoms with Crippen LogP contribution in [0.2, 0.25) is 0 Å². The maximum absolute atomic E-state index is 12.2. The molecule has 8 heteroatoms. The fraction of sp³-hybridized carbons (Fsp3) is 0.182. The Hall–Kier alpha value is -4.12. The minimum absolute atomic E-state index is 0.135. The number of aromatic nitrogens is 3. The van der Waals surface area contributed by atoms with Crippen LogP contribution in [0.5, 0.6) is 0 Å². The van der Waals surface area contributed by atoms with Crippen molar-refractivity contribution in [3.8, 4) is 11.8 Å². The van der Waals surface area contributed by atoms with Gasteiger partial charge in [-0.2, -0.15) is 10.4 Å². The molecule has 0 aliphatic carbocycles. The highest BCUT2D eigenvalue weighted by Gasteiger charge is 2.16. The van der Waals surface area contributed by atoms with Crippen LogP contribution in [0.3, 0.4) is 0 Å². The molecule has 4 aromatic rings. The van der Waals surface area contributed by atoms with Gasteiger partial charge in [0.2, 0.25) is 5.91 Å². The summed E-state index contributed by atoms with van der Waals surface area (Å²) in [6.07, 6.45) is 1.31. The van der Waals surface area contributed by atoms with Gasteiger partial charge in [0, 0.05) is 11.9 Å². The van der Waals surface area contributed by atoms with Crippen LogP contribution < -0.4 is 11.1 Å². The number of hydrogen-bond donors (Lipinski definition) is 2. The lowest BCUT2D eigenvalue weighted by atomic mass is 10.1. The summed E-state index contributed by atoms with van der Waals surface area (Å²) in [5, 5.41) is 21.7. The summed E-state index contributed by atoms with van der Waals surface area (Å²) in [6.45, 7) is 0.456. The highest BCUT2D eigenvalue weighted by atomic mass is 16.5. The third kappa shape index (κ3) is 3.86. The summed E-state index contributed by atoms with van der Waals surface area (Å²) in [6, 6.07) is 19.0. The molecule has 150 valence electrons. The predicted octanol–water partition coefficient (Wildman–Crippen LogP) is 2.76. The predicted molar refractivity (Wildman–Crippen MR) is 112 cm³/mol. The zero-order chi connectivity index (χ0) is 20.9. The van der Waals surface area contributed by atoms with Crippen LogP contribution >= 0.6 is 0 Å². The summed E-state index contributed by atoms with van der Waals surface area (Å²) >= 11 is 0. The summed E-state index contributed by atoms with van der Waals surface area (Å²) < 4.78 is 6.80. The zero-order valence-electron chi connectivity index (χ0n) is 16.2. The number of hydrogen-bond acceptors (Lipinski definition) is 6. The van der Waals surface area contributed by atoms with E-state index in [0.29, 0.717) is 47.7 Å². The van der Waals surface area contributed by atoms with Crippen LogP contribution in [0, 0.1) is 11.3 Å². The molecule has 4 rings (SSSR count). The van der Waals surface area contributed by atoms with Crippen LogP contribution in [0.15, 0.2) is 59.1 Å². The molecular weight excluding hydrogens is 380 g/mol. The van der Waals surface area contributed by atoms with E-state index in [4.69, 9.17) is 10.3 Å². The fourth-order valence-corrected chi connectivity index (χ4v) is 3.30. The zero-order valence-corrected chi connectivity index (χ0v) is 16.2. The van der Waals surface area contributed by atoms with Crippen LogP contribution in [-0.2, 0) is 17.6 Å². The van der Waals surface area contributed by atoms with Crippen molar-refractivity contribution in [3.05, 3.63) is 71.5 Å². The minimum Gasteiger partial charge on any atom is -0.382 e. The molecule has 2 aromatic heterocycles. The summed E-state index contributed by atoms with van der Waals surface area (Å²) in [4.78, 5) is 12.2. The number of fused-ring (bicyclic) bond motifs is 1. The Kier molecular flexibility index (Phi) is 5.44. The Morgan fingerprint density at radius 1 is 1.13 bits per heavy atom. The molecule has 0 radical (unpaired) electrons. The van der Waals surface area contributed by atoms with Crippen LogP contribution in [-0.4, -0.2) is 27.4 Å². The second kappa shape index (κ2) is 8.49. The average molecular weight is 400 g/mol. The van der Waals surface area contributed by atoms with Crippen molar-refractivity contribution in [3.63, 3.8) is 0 Å². The lowest BCUT2D eigenvalue weighted by Crippen LogP contribution is -2.26. The van der Waals surface area contributed by atoms with Gasteiger partial charge in [-0.1, -0.05) is 35.5 Å². The number of anilines is 1. The molecule has 2 heterocycles. The lowest BCUT2D eigenvalue weighted by molar-refractivity contribution is -0.120. The number of nitrogens with two attached hydrogens (primary N) is 1. The Morgan fingerprint density at radius 2 is 1.90 bits per heavy atom. The number of benzene rings is 2. The highest BCUT2D eigenvalue weighted by Crippen LogP contribution is 2.21. The molecule has 0 bridgehead atoms. The van der Waals surface area contributed by atoms with Crippen molar-refractivity contribution in [1.29, 1.82) is 5.26 Å². The molecule has 0 atom stereocenters. The molecule has 2 aromatic carbocycles. The van der Waals surface area contributed by atoms with Gasteiger partial charge in [0.1, 0.15) is 23.1 Å². The largest absolute Gasteiger partial charge is 0.382 e. The smallest absolute Gasteiger partial charge is 0.226 e. The van der Waals surface area contributed by atoms with Gasteiger partial charge in [-0.3, -0.25) is 4.79 Å². The SMILES string of the molecule is N#Cc1c(CCCNC(=O)Cc2noc3ccccc23)nn(-c2ccccc2)c1N. The number of amides is 1. The van der Waals surface area contributed by atoms with Gasteiger partial charge >= 0.3 is 0 Å². The number of nitrogens with one attached hydrogen (secondary N) is 1. The van der Waals surface area contributed by atoms with Crippen molar-refractivity contribution in [2.45, 2.75) is 19.3 Å². The van der Waals surface area contributed by atoms with Crippen LogP contribution in [0.1, 0.15) is 23.4 Å². The second-order valence-corrected chi connectivity index (χ2v) is 6.82. The molecule has 0 unspecified atom stereocenters. The molecule has 0 saturated heterocycles. The van der Waals surface area contributed by atoms with Crippen molar-refractivity contribution in [2.24, 2.45) is 0 Å². The van der Waals surface area contributed by atoms with Gasteiger partial charge in [-0.25, -0.2) is 4.68 Å². The van der Waals surface area contributed by atoms with Gasteiger partial charge in [-0.05, 0) is 37.1 Å². The standard InChI is InChI=1S/C22H20N6O2/c23-14-17-18(26-28(22(17)24)15-7-2-1-3-8-15)10-6-12-25-21(29)13-19-16-9-4-5-11-20(16)30-27-19/h1-5,7-9,11H,6,10,12-13,24H2,(H,25,29). The van der Waals surface area contributed by atoms with Gasteiger partial charge in [0.05, 0.1) is 17.8 Å². The number of para-hydroxylation sites is 2. The molecule has 0 aliphatic rings. The van der Waals surface area contributed by atoms with E-state index in [1.165, 1.54) is 0 Å². The van der Waals surface area contributed by atoms with Gasteiger partial charge in [-0.15, -0.1) is 0 Å². The van der Waals surface area contributed by atoms with E-state index in [9.17, 15) is 10.1 Å². The fourth-order valence-electron chi connectivity index (χ4n) is 3.30. The minimum atomic E-state index is -0.135. The number of nitrogen functional groups attached to an aromatic ring is 1. The first kappa shape index (κ1) is 19.2. The maximum Gasteiger partial charge on any atom is 0.226 e. The van der Waals surface area contributed by atoms with E-state index in [1.807, 2.05) is 54.6 Å². The molecule has 0 saturated carbocycles. The number of carbonyl (C=O) groups excluding carboxylic acids is 1. The number of carbonyl (C=O) groups is 1. The Morgan fingerprint density at radius 3 is 2.70 bits per heavy atom. The molecule has 8 nitrogen and oxygen atoms in total. The molecule has 1 amide bonds. The topological polar surface area (TPSA) is 123 Å². The lowest BCUT2D eigenvalue weighted by Gasteiger charge is -2.03. The van der Waals surface area contributed by atoms with Gasteiger partial charge in [0.15, 0.2) is 5.58 Å². The van der Waals surface area contributed by atoms with Crippen LogP contribution in [0.25, 0.3) is 16.7 Å². The maximum atomic E-state index is 12.2. The molecule has 0 spiro atoms. The van der Waals surface area contributed by atoms with Crippen molar-refractivity contribution in [2.75, 3.05) is 12.3 Å². The first-order valence-corrected chi connectivity index (χ1v) is 9.60. The molecular formula is C22H20N6O2. The van der Waals surface area contributed by atoms with Crippen molar-refractivity contribution in [1.82, 2.24) is 20.3 Å². The third-order valence-electron chi connectivity index (χ3n) is 4.80. The Bertz CT molecular complexity index is 1220. The van der Waals surface area contributed by atoms with E-state index in [2.05, 4.69) is 21.6 Å². The third-order valence-corrected chi connectivity index (χ3v) is 4.80. The van der Waals surface area contributed by atoms with Crippen molar-refractivity contribution >= 4 is 22.7 Å². The summed E-state index contributed by atoms with van der Waals surface area (Å²) in [5.41, 5.74) is 9.18. The van der Waals surface area contributed by atoms with E-state index >= 15 is 0 Å². The van der Waals surface area contributed by atoms with E-state index in [0.717, 1.165) is 11.1 Å². The normalized spacial score (nSPS) is 10.8. The summed E-state index contributed by atoms with van der Waals surface area (Å²) in [7, 11) is 0. The number of nitriles is 1. The van der Waals surface area contributed by atoms with Crippen molar-refractivity contribution < 1.29 is 9.32 Å². The molecule has 0 fully saturated rings. The number of rotatable bonds is 7. The highest BCUT2D eigenvalue weighted by molar-refractivity contribution is 5.86. The monoisotopic (exact) mass is 400 g/mol. The number of aryl methyl sites for hydroxylation is 1. The van der Waals surface area contributed by atoms with E-state index in [-0.39, 0.29) is 12.3 Å². The first-order chi connectivity index (χ1) is 14.7. The van der Waals surface area contributed by atoms with E-state index < -0.39 is 0 Å². The molecule has 30 heavy (non-hydrogen) atoms. The van der Waals surface area contributed by atoms with Gasteiger partial charge < -0.3 is 15.6 Å². The van der Waals surface area contributed by atoms with Crippen LogP contribution in [0.4, 0.5) is 5.82 Å². The Labute approximate surface area is 172 Å². The quantitative estimate of drug-likeness (QED) is 0.460. The molecule has 0 aliphatic heterocycles. The molecule has 3 N–H and O–H groups in total. The van der Waals surface area contributed by atoms with Gasteiger partial charge in [0.25, 0.3) is 0 Å². The average Bonchev–Trinajstić information content (AvgIpc) is 3.32. The second-order valence-electron chi connectivity index (χ2n) is 6.82. The summed E-state index contributed by atoms with van der Waals surface area (Å²) in [5.74, 6) is 0.185.